The number of ether oxygens (including phenoxy) is 1. The van der Waals surface area contributed by atoms with E-state index in [0.29, 0.717) is 6.04 Å². The molecule has 0 aliphatic rings. The van der Waals surface area contributed by atoms with E-state index >= 15 is 0 Å². The summed E-state index contributed by atoms with van der Waals surface area (Å²) in [5.74, 6) is 5.97. The Kier molecular flexibility index (Phi) is 7.77. The van der Waals surface area contributed by atoms with Crippen LogP contribution in [-0.4, -0.2) is 25.8 Å². The van der Waals surface area contributed by atoms with Gasteiger partial charge in [0.05, 0.1) is 6.10 Å². The summed E-state index contributed by atoms with van der Waals surface area (Å²) in [4.78, 5) is 0. The molecule has 0 aliphatic carbocycles. The van der Waals surface area contributed by atoms with Crippen LogP contribution in [0.5, 0.6) is 0 Å². The molecule has 1 N–H and O–H groups in total. The second-order valence-corrected chi connectivity index (χ2v) is 3.07. The van der Waals surface area contributed by atoms with Gasteiger partial charge in [-0.3, -0.25) is 0 Å². The minimum absolute atomic E-state index is 0.263. The molecule has 0 saturated carbocycles. The molecular formula is C11H21NO. The number of hydrogen-bond donors (Lipinski definition) is 1. The van der Waals surface area contributed by atoms with Gasteiger partial charge in [0.15, 0.2) is 0 Å². The van der Waals surface area contributed by atoms with Gasteiger partial charge in [-0.1, -0.05) is 6.92 Å². The minimum atomic E-state index is 0.263. The molecule has 2 heteroatoms. The normalized spacial score (nSPS) is 14.5. The average Bonchev–Trinajstić information content (AvgIpc) is 2.16. The van der Waals surface area contributed by atoms with E-state index in [2.05, 4.69) is 31.0 Å². The summed E-state index contributed by atoms with van der Waals surface area (Å²) in [7, 11) is 1.75. The topological polar surface area (TPSA) is 21.3 Å². The molecule has 76 valence electrons. The van der Waals surface area contributed by atoms with Crippen molar-refractivity contribution in [2.75, 3.05) is 13.7 Å². The van der Waals surface area contributed by atoms with Gasteiger partial charge in [-0.2, -0.15) is 0 Å². The summed E-state index contributed by atoms with van der Waals surface area (Å²) in [6, 6.07) is 0.427. The number of rotatable bonds is 6. The lowest BCUT2D eigenvalue weighted by molar-refractivity contribution is 0.0811. The Labute approximate surface area is 82.1 Å². The monoisotopic (exact) mass is 183 g/mol. The smallest absolute Gasteiger partial charge is 0.0696 e. The standard InChI is InChI=1S/C11H21NO/c1-5-7-8-9-11(12-6-2)10(3)13-4/h10-12H,6,8-9H2,1-4H3. The van der Waals surface area contributed by atoms with Gasteiger partial charge in [0.25, 0.3) is 0 Å². The quantitative estimate of drug-likeness (QED) is 0.634. The van der Waals surface area contributed by atoms with Crippen molar-refractivity contribution >= 4 is 0 Å². The van der Waals surface area contributed by atoms with Crippen molar-refractivity contribution in [3.8, 4) is 11.8 Å². The molecule has 2 unspecified atom stereocenters. The van der Waals surface area contributed by atoms with Crippen LogP contribution < -0.4 is 5.32 Å². The van der Waals surface area contributed by atoms with Crippen molar-refractivity contribution in [1.29, 1.82) is 0 Å². The molecule has 2 atom stereocenters. The minimum Gasteiger partial charge on any atom is -0.380 e. The van der Waals surface area contributed by atoms with Gasteiger partial charge in [0.1, 0.15) is 0 Å². The molecule has 0 aromatic heterocycles. The second kappa shape index (κ2) is 8.10. The number of hydrogen-bond acceptors (Lipinski definition) is 2. The maximum absolute atomic E-state index is 5.28. The molecule has 0 heterocycles. The molecule has 2 nitrogen and oxygen atoms in total. The lowest BCUT2D eigenvalue weighted by Gasteiger charge is -2.22. The van der Waals surface area contributed by atoms with E-state index in [0.717, 1.165) is 19.4 Å². The van der Waals surface area contributed by atoms with Gasteiger partial charge in [0.2, 0.25) is 0 Å². The van der Waals surface area contributed by atoms with Crippen LogP contribution in [0, 0.1) is 11.8 Å². The molecular weight excluding hydrogens is 162 g/mol. The molecule has 0 spiro atoms. The molecule has 0 amide bonds. The van der Waals surface area contributed by atoms with Crippen molar-refractivity contribution in [1.82, 2.24) is 5.32 Å². The number of nitrogens with one attached hydrogen (secondary N) is 1. The first-order chi connectivity index (χ1) is 6.26. The molecule has 0 radical (unpaired) electrons. The van der Waals surface area contributed by atoms with Crippen molar-refractivity contribution in [3.63, 3.8) is 0 Å². The lowest BCUT2D eigenvalue weighted by Crippen LogP contribution is -2.39. The third-order valence-corrected chi connectivity index (χ3v) is 2.16. The van der Waals surface area contributed by atoms with Crippen LogP contribution in [0.15, 0.2) is 0 Å². The number of likely N-dealkylation sites (N-methyl/N-ethyl adjacent to an activating group) is 1. The van der Waals surface area contributed by atoms with Gasteiger partial charge in [0, 0.05) is 19.6 Å². The molecule has 0 aromatic rings. The predicted molar refractivity (Wildman–Crippen MR) is 56.6 cm³/mol. The van der Waals surface area contributed by atoms with Crippen LogP contribution >= 0.6 is 0 Å². The third kappa shape index (κ3) is 5.68. The Morgan fingerprint density at radius 3 is 2.62 bits per heavy atom. The van der Waals surface area contributed by atoms with Crippen LogP contribution in [-0.2, 0) is 4.74 Å². The second-order valence-electron chi connectivity index (χ2n) is 3.07. The molecule has 13 heavy (non-hydrogen) atoms. The third-order valence-electron chi connectivity index (χ3n) is 2.16. The van der Waals surface area contributed by atoms with Crippen LogP contribution in [0.4, 0.5) is 0 Å². The zero-order valence-corrected chi connectivity index (χ0v) is 9.18. The Bertz CT molecular complexity index is 169. The van der Waals surface area contributed by atoms with E-state index in [1.54, 1.807) is 7.11 Å². The van der Waals surface area contributed by atoms with Gasteiger partial charge in [-0.15, -0.1) is 11.8 Å². The zero-order chi connectivity index (χ0) is 10.1. The molecule has 0 fully saturated rings. The van der Waals surface area contributed by atoms with E-state index < -0.39 is 0 Å². The van der Waals surface area contributed by atoms with Gasteiger partial charge in [-0.25, -0.2) is 0 Å². The van der Waals surface area contributed by atoms with Crippen molar-refractivity contribution < 1.29 is 4.74 Å². The highest BCUT2D eigenvalue weighted by atomic mass is 16.5. The van der Waals surface area contributed by atoms with Crippen molar-refractivity contribution in [3.05, 3.63) is 0 Å². The fourth-order valence-electron chi connectivity index (χ4n) is 1.28. The van der Waals surface area contributed by atoms with E-state index in [9.17, 15) is 0 Å². The Hall–Kier alpha value is -0.520. The van der Waals surface area contributed by atoms with Gasteiger partial charge >= 0.3 is 0 Å². The summed E-state index contributed by atoms with van der Waals surface area (Å²) >= 11 is 0. The van der Waals surface area contributed by atoms with E-state index in [1.807, 2.05) is 6.92 Å². The summed E-state index contributed by atoms with van der Waals surface area (Å²) in [6.07, 6.45) is 2.27. The Morgan fingerprint density at radius 1 is 1.46 bits per heavy atom. The summed E-state index contributed by atoms with van der Waals surface area (Å²) < 4.78 is 5.28. The van der Waals surface area contributed by atoms with Crippen molar-refractivity contribution in [2.45, 2.75) is 45.8 Å². The molecule has 0 bridgehead atoms. The first-order valence-corrected chi connectivity index (χ1v) is 4.92. The fraction of sp³-hybridized carbons (Fsp3) is 0.818. The lowest BCUT2D eigenvalue weighted by atomic mass is 10.1. The van der Waals surface area contributed by atoms with Gasteiger partial charge < -0.3 is 10.1 Å². The van der Waals surface area contributed by atoms with Crippen LogP contribution in [0.1, 0.15) is 33.6 Å². The maximum Gasteiger partial charge on any atom is 0.0696 e. The highest BCUT2D eigenvalue weighted by Crippen LogP contribution is 2.04. The Balaban J connectivity index is 3.83. The molecule has 0 rings (SSSR count). The van der Waals surface area contributed by atoms with Crippen molar-refractivity contribution in [2.24, 2.45) is 0 Å². The fourth-order valence-corrected chi connectivity index (χ4v) is 1.28. The molecule has 0 aromatic carbocycles. The van der Waals surface area contributed by atoms with Crippen LogP contribution in [0.3, 0.4) is 0 Å². The largest absolute Gasteiger partial charge is 0.380 e. The van der Waals surface area contributed by atoms with Crippen LogP contribution in [0.25, 0.3) is 0 Å². The summed E-state index contributed by atoms with van der Waals surface area (Å²) in [6.45, 7) is 7.06. The van der Waals surface area contributed by atoms with E-state index in [-0.39, 0.29) is 6.10 Å². The van der Waals surface area contributed by atoms with E-state index in [4.69, 9.17) is 4.74 Å². The Morgan fingerprint density at radius 2 is 2.15 bits per heavy atom. The maximum atomic E-state index is 5.28. The van der Waals surface area contributed by atoms with Crippen LogP contribution in [0.2, 0.25) is 0 Å². The summed E-state index contributed by atoms with van der Waals surface area (Å²) in [5, 5.41) is 3.40. The van der Waals surface area contributed by atoms with Gasteiger partial charge in [-0.05, 0) is 26.8 Å². The van der Waals surface area contributed by atoms with E-state index in [1.165, 1.54) is 0 Å². The highest BCUT2D eigenvalue weighted by Gasteiger charge is 2.13. The highest BCUT2D eigenvalue weighted by molar-refractivity contribution is 4.96. The summed E-state index contributed by atoms with van der Waals surface area (Å²) in [5.41, 5.74) is 0. The number of methoxy groups -OCH3 is 1. The predicted octanol–water partition coefficient (Wildman–Crippen LogP) is 1.80. The first kappa shape index (κ1) is 12.5. The first-order valence-electron chi connectivity index (χ1n) is 4.92. The molecule has 0 aliphatic heterocycles. The zero-order valence-electron chi connectivity index (χ0n) is 9.18. The SMILES string of the molecule is CC#CCCC(NCC)C(C)OC. The average molecular weight is 183 g/mol. The molecule has 0 saturated heterocycles.